The van der Waals surface area contributed by atoms with Crippen LogP contribution in [0.4, 0.5) is 5.00 Å². The first-order chi connectivity index (χ1) is 11.0. The van der Waals surface area contributed by atoms with Crippen molar-refractivity contribution in [1.82, 2.24) is 0 Å². The van der Waals surface area contributed by atoms with Gasteiger partial charge in [0.2, 0.25) is 5.91 Å². The monoisotopic (exact) mass is 349 g/mol. The van der Waals surface area contributed by atoms with Gasteiger partial charge in [-0.2, -0.15) is 0 Å². The molecule has 0 radical (unpaired) electrons. The largest absolute Gasteiger partial charge is 0.462 e. The molecule has 0 bridgehead atoms. The standard InChI is InChI=1S/C17H19NO3S2/c1-4-21-17(20)16-11(2)9-15(23-16)18-14(19)10-12-5-7-13(22-3)8-6-12/h5-9H,4,10H2,1-3H3,(H,18,19). The summed E-state index contributed by atoms with van der Waals surface area (Å²) < 4.78 is 5.00. The van der Waals surface area contributed by atoms with Crippen molar-refractivity contribution in [2.75, 3.05) is 18.2 Å². The van der Waals surface area contributed by atoms with E-state index < -0.39 is 0 Å². The summed E-state index contributed by atoms with van der Waals surface area (Å²) in [4.78, 5) is 25.6. The maximum absolute atomic E-state index is 12.1. The molecule has 0 atom stereocenters. The van der Waals surface area contributed by atoms with Crippen LogP contribution < -0.4 is 5.32 Å². The van der Waals surface area contributed by atoms with Crippen molar-refractivity contribution >= 4 is 40.0 Å². The van der Waals surface area contributed by atoms with Crippen LogP contribution in [-0.4, -0.2) is 24.7 Å². The van der Waals surface area contributed by atoms with Crippen molar-refractivity contribution in [1.29, 1.82) is 0 Å². The van der Waals surface area contributed by atoms with Crippen molar-refractivity contribution < 1.29 is 14.3 Å². The van der Waals surface area contributed by atoms with Crippen LogP contribution in [0.2, 0.25) is 0 Å². The highest BCUT2D eigenvalue weighted by atomic mass is 32.2. The lowest BCUT2D eigenvalue weighted by Crippen LogP contribution is -2.13. The van der Waals surface area contributed by atoms with Crippen LogP contribution in [0.25, 0.3) is 0 Å². The van der Waals surface area contributed by atoms with E-state index in [4.69, 9.17) is 4.74 Å². The molecule has 6 heteroatoms. The van der Waals surface area contributed by atoms with Gasteiger partial charge in [0, 0.05) is 4.90 Å². The number of esters is 1. The third kappa shape index (κ3) is 4.84. The Bertz CT molecular complexity index is 692. The van der Waals surface area contributed by atoms with E-state index in [0.29, 0.717) is 22.9 Å². The van der Waals surface area contributed by atoms with Crippen LogP contribution in [0, 0.1) is 6.92 Å². The second kappa shape index (κ2) is 8.17. The van der Waals surface area contributed by atoms with Crippen molar-refractivity contribution in [2.45, 2.75) is 25.2 Å². The molecule has 0 aliphatic rings. The summed E-state index contributed by atoms with van der Waals surface area (Å²) in [5, 5.41) is 3.51. The smallest absolute Gasteiger partial charge is 0.348 e. The fraction of sp³-hybridized carbons (Fsp3) is 0.294. The Labute approximate surface area is 144 Å². The third-order valence-corrected chi connectivity index (χ3v) is 5.04. The quantitative estimate of drug-likeness (QED) is 0.629. The van der Waals surface area contributed by atoms with Gasteiger partial charge in [0.15, 0.2) is 0 Å². The number of rotatable bonds is 6. The number of hydrogen-bond acceptors (Lipinski definition) is 5. The second-order valence-electron chi connectivity index (χ2n) is 4.92. The number of benzene rings is 1. The predicted molar refractivity (Wildman–Crippen MR) is 95.6 cm³/mol. The minimum absolute atomic E-state index is 0.0986. The molecule has 122 valence electrons. The summed E-state index contributed by atoms with van der Waals surface area (Å²) >= 11 is 2.91. The number of nitrogens with one attached hydrogen (secondary N) is 1. The second-order valence-corrected chi connectivity index (χ2v) is 6.85. The number of carbonyl (C=O) groups is 2. The zero-order valence-corrected chi connectivity index (χ0v) is 15.0. The van der Waals surface area contributed by atoms with E-state index in [9.17, 15) is 9.59 Å². The number of thioether (sulfide) groups is 1. The lowest BCUT2D eigenvalue weighted by molar-refractivity contribution is -0.115. The molecule has 0 saturated carbocycles. The molecule has 1 aromatic heterocycles. The Morgan fingerprint density at radius 1 is 1.26 bits per heavy atom. The topological polar surface area (TPSA) is 55.4 Å². The molecule has 1 N–H and O–H groups in total. The molecule has 4 nitrogen and oxygen atoms in total. The molecule has 23 heavy (non-hydrogen) atoms. The summed E-state index contributed by atoms with van der Waals surface area (Å²) in [5.41, 5.74) is 1.77. The first kappa shape index (κ1) is 17.6. The van der Waals surface area contributed by atoms with Crippen LogP contribution >= 0.6 is 23.1 Å². The summed E-state index contributed by atoms with van der Waals surface area (Å²) in [6.07, 6.45) is 2.32. The molecule has 0 unspecified atom stereocenters. The Kier molecular flexibility index (Phi) is 6.24. The maximum atomic E-state index is 12.1. The lowest BCUT2D eigenvalue weighted by Gasteiger charge is -2.04. The van der Waals surface area contributed by atoms with Gasteiger partial charge >= 0.3 is 5.97 Å². The molecule has 1 heterocycles. The molecule has 0 aliphatic heterocycles. The maximum Gasteiger partial charge on any atom is 0.348 e. The number of ether oxygens (including phenoxy) is 1. The third-order valence-electron chi connectivity index (χ3n) is 3.16. The zero-order valence-electron chi connectivity index (χ0n) is 13.3. The van der Waals surface area contributed by atoms with E-state index in [-0.39, 0.29) is 11.9 Å². The first-order valence-corrected chi connectivity index (χ1v) is 9.28. The highest BCUT2D eigenvalue weighted by Crippen LogP contribution is 2.27. The van der Waals surface area contributed by atoms with Crippen LogP contribution in [0.15, 0.2) is 35.2 Å². The summed E-state index contributed by atoms with van der Waals surface area (Å²) in [5.74, 6) is -0.443. The van der Waals surface area contributed by atoms with Gasteiger partial charge in [-0.1, -0.05) is 12.1 Å². The van der Waals surface area contributed by atoms with Gasteiger partial charge in [0.1, 0.15) is 4.88 Å². The molecule has 0 saturated heterocycles. The van der Waals surface area contributed by atoms with Crippen LogP contribution in [0.3, 0.4) is 0 Å². The molecular formula is C17H19NO3S2. The number of aryl methyl sites for hydroxylation is 1. The van der Waals surface area contributed by atoms with Gasteiger partial charge in [0.05, 0.1) is 18.0 Å². The number of carbonyl (C=O) groups excluding carboxylic acids is 2. The SMILES string of the molecule is CCOC(=O)c1sc(NC(=O)Cc2ccc(SC)cc2)cc1C. The average Bonchev–Trinajstić information content (AvgIpc) is 2.88. The molecule has 2 rings (SSSR count). The molecular weight excluding hydrogens is 330 g/mol. The number of thiophene rings is 1. The van der Waals surface area contributed by atoms with Crippen LogP contribution in [-0.2, 0) is 16.0 Å². The highest BCUT2D eigenvalue weighted by Gasteiger charge is 2.16. The van der Waals surface area contributed by atoms with Crippen LogP contribution in [0.1, 0.15) is 27.7 Å². The Morgan fingerprint density at radius 3 is 2.57 bits per heavy atom. The van der Waals surface area contributed by atoms with Crippen molar-refractivity contribution in [2.24, 2.45) is 0 Å². The fourth-order valence-corrected chi connectivity index (χ4v) is 3.44. The summed E-state index contributed by atoms with van der Waals surface area (Å²) in [6.45, 7) is 3.94. The highest BCUT2D eigenvalue weighted by molar-refractivity contribution is 7.98. The van der Waals surface area contributed by atoms with Crippen molar-refractivity contribution in [3.8, 4) is 0 Å². The van der Waals surface area contributed by atoms with Gasteiger partial charge in [-0.05, 0) is 49.4 Å². The van der Waals surface area contributed by atoms with Gasteiger partial charge in [-0.3, -0.25) is 4.79 Å². The van der Waals surface area contributed by atoms with E-state index in [2.05, 4.69) is 5.32 Å². The minimum Gasteiger partial charge on any atom is -0.462 e. The van der Waals surface area contributed by atoms with E-state index >= 15 is 0 Å². The number of anilines is 1. The normalized spacial score (nSPS) is 10.4. The molecule has 0 fully saturated rings. The lowest BCUT2D eigenvalue weighted by atomic mass is 10.1. The summed E-state index contributed by atoms with van der Waals surface area (Å²) in [7, 11) is 0. The summed E-state index contributed by atoms with van der Waals surface area (Å²) in [6, 6.07) is 9.71. The van der Waals surface area contributed by atoms with Crippen molar-refractivity contribution in [3.63, 3.8) is 0 Å². The Morgan fingerprint density at radius 2 is 1.96 bits per heavy atom. The van der Waals surface area contributed by atoms with Gasteiger partial charge in [-0.25, -0.2) is 4.79 Å². The van der Waals surface area contributed by atoms with Crippen molar-refractivity contribution in [3.05, 3.63) is 46.3 Å². The van der Waals surface area contributed by atoms with E-state index in [1.165, 1.54) is 16.2 Å². The number of hydrogen-bond donors (Lipinski definition) is 1. The van der Waals surface area contributed by atoms with Gasteiger partial charge in [0.25, 0.3) is 0 Å². The van der Waals surface area contributed by atoms with E-state index in [1.807, 2.05) is 37.4 Å². The predicted octanol–water partition coefficient (Wildman–Crippen LogP) is 4.14. The number of amides is 1. The van der Waals surface area contributed by atoms with Gasteiger partial charge < -0.3 is 10.1 Å². The Hall–Kier alpha value is -1.79. The fourth-order valence-electron chi connectivity index (χ4n) is 2.05. The molecule has 0 spiro atoms. The average molecular weight is 349 g/mol. The minimum atomic E-state index is -0.344. The van der Waals surface area contributed by atoms with Gasteiger partial charge in [-0.15, -0.1) is 23.1 Å². The molecule has 0 aliphatic carbocycles. The first-order valence-electron chi connectivity index (χ1n) is 7.23. The Balaban J connectivity index is 1.99. The molecule has 1 aromatic carbocycles. The zero-order chi connectivity index (χ0) is 16.8. The molecule has 2 aromatic rings. The van der Waals surface area contributed by atoms with Crippen LogP contribution in [0.5, 0.6) is 0 Å². The van der Waals surface area contributed by atoms with E-state index in [1.54, 1.807) is 24.8 Å². The molecule has 1 amide bonds. The van der Waals surface area contributed by atoms with E-state index in [0.717, 1.165) is 11.1 Å².